The molecule has 14 heavy (non-hydrogen) atoms. The van der Waals surface area contributed by atoms with E-state index in [1.807, 2.05) is 0 Å². The highest BCUT2D eigenvalue weighted by Gasteiger charge is 2.10. The molecule has 0 aliphatic heterocycles. The summed E-state index contributed by atoms with van der Waals surface area (Å²) in [6.07, 6.45) is 2.75. The Morgan fingerprint density at radius 3 is 2.21 bits per heavy atom. The van der Waals surface area contributed by atoms with Crippen LogP contribution in [0.5, 0.6) is 0 Å². The summed E-state index contributed by atoms with van der Waals surface area (Å²) in [7, 11) is 0. The lowest BCUT2D eigenvalue weighted by atomic mass is 9.99. The van der Waals surface area contributed by atoms with Crippen molar-refractivity contribution in [1.29, 1.82) is 0 Å². The van der Waals surface area contributed by atoms with Gasteiger partial charge in [-0.15, -0.1) is 0 Å². The predicted molar refractivity (Wildman–Crippen MR) is 62.6 cm³/mol. The van der Waals surface area contributed by atoms with Crippen molar-refractivity contribution < 1.29 is 4.74 Å². The fraction of sp³-hybridized carbons (Fsp3) is 1.00. The molecule has 0 saturated heterocycles. The van der Waals surface area contributed by atoms with E-state index in [1.165, 1.54) is 6.42 Å². The highest BCUT2D eigenvalue weighted by atomic mass is 16.5. The molecule has 2 nitrogen and oxygen atoms in total. The van der Waals surface area contributed by atoms with Crippen molar-refractivity contribution >= 4 is 0 Å². The van der Waals surface area contributed by atoms with Gasteiger partial charge in [-0.05, 0) is 39.2 Å². The third kappa shape index (κ3) is 7.34. The Balaban J connectivity index is 3.50. The van der Waals surface area contributed by atoms with Crippen LogP contribution in [-0.4, -0.2) is 25.3 Å². The minimum atomic E-state index is 0.367. The van der Waals surface area contributed by atoms with Gasteiger partial charge in [0.25, 0.3) is 0 Å². The van der Waals surface area contributed by atoms with Crippen molar-refractivity contribution in [2.45, 2.75) is 59.6 Å². The zero-order chi connectivity index (χ0) is 11.0. The molecule has 0 rings (SSSR count). The normalized spacial score (nSPS) is 13.9. The van der Waals surface area contributed by atoms with E-state index in [0.717, 1.165) is 19.6 Å². The van der Waals surface area contributed by atoms with Crippen molar-refractivity contribution in [1.82, 2.24) is 5.32 Å². The van der Waals surface area contributed by atoms with E-state index in [9.17, 15) is 0 Å². The summed E-state index contributed by atoms with van der Waals surface area (Å²) >= 11 is 0. The molecule has 2 heteroatoms. The maximum Gasteiger partial charge on any atom is 0.0518 e. The molecule has 0 aromatic rings. The van der Waals surface area contributed by atoms with Crippen molar-refractivity contribution in [2.75, 3.05) is 13.2 Å². The van der Waals surface area contributed by atoms with Gasteiger partial charge >= 0.3 is 0 Å². The fourth-order valence-corrected chi connectivity index (χ4v) is 1.56. The van der Waals surface area contributed by atoms with E-state index in [4.69, 9.17) is 4.74 Å². The molecule has 86 valence electrons. The van der Waals surface area contributed by atoms with E-state index < -0.39 is 0 Å². The summed E-state index contributed by atoms with van der Waals surface area (Å²) in [6.45, 7) is 12.8. The summed E-state index contributed by atoms with van der Waals surface area (Å²) < 4.78 is 5.52. The quantitative estimate of drug-likeness (QED) is 0.610. The van der Waals surface area contributed by atoms with E-state index in [-0.39, 0.29) is 0 Å². The Kier molecular flexibility index (Phi) is 8.20. The third-order valence-corrected chi connectivity index (χ3v) is 2.38. The van der Waals surface area contributed by atoms with Crippen LogP contribution in [0.15, 0.2) is 0 Å². The van der Waals surface area contributed by atoms with Crippen LogP contribution in [0, 0.1) is 5.92 Å². The van der Waals surface area contributed by atoms with Crippen molar-refractivity contribution in [3.63, 3.8) is 0 Å². The van der Waals surface area contributed by atoms with Crippen molar-refractivity contribution in [2.24, 2.45) is 5.92 Å². The molecule has 0 aliphatic rings. The zero-order valence-electron chi connectivity index (χ0n) is 10.5. The van der Waals surface area contributed by atoms with Gasteiger partial charge < -0.3 is 10.1 Å². The van der Waals surface area contributed by atoms with Crippen molar-refractivity contribution in [3.05, 3.63) is 0 Å². The van der Waals surface area contributed by atoms with Gasteiger partial charge in [-0.1, -0.05) is 20.8 Å². The zero-order valence-corrected chi connectivity index (χ0v) is 10.5. The Morgan fingerprint density at radius 1 is 1.14 bits per heavy atom. The average molecular weight is 201 g/mol. The lowest BCUT2D eigenvalue weighted by molar-refractivity contribution is 0.0736. The minimum Gasteiger partial charge on any atom is -0.379 e. The van der Waals surface area contributed by atoms with Gasteiger partial charge in [0, 0.05) is 12.6 Å². The lowest BCUT2D eigenvalue weighted by Gasteiger charge is -2.21. The predicted octanol–water partition coefficient (Wildman–Crippen LogP) is 2.83. The molecule has 0 aromatic heterocycles. The van der Waals surface area contributed by atoms with Crippen LogP contribution >= 0.6 is 0 Å². The van der Waals surface area contributed by atoms with E-state index >= 15 is 0 Å². The monoisotopic (exact) mass is 201 g/mol. The summed E-state index contributed by atoms with van der Waals surface area (Å²) in [5, 5.41) is 3.51. The van der Waals surface area contributed by atoms with Gasteiger partial charge in [-0.2, -0.15) is 0 Å². The fourth-order valence-electron chi connectivity index (χ4n) is 1.56. The highest BCUT2D eigenvalue weighted by molar-refractivity contribution is 4.69. The summed E-state index contributed by atoms with van der Waals surface area (Å²) in [6, 6.07) is 0.649. The molecule has 0 aromatic carbocycles. The number of hydrogen-bond donors (Lipinski definition) is 1. The maximum atomic E-state index is 5.52. The number of nitrogens with one attached hydrogen (secondary N) is 1. The van der Waals surface area contributed by atoms with E-state index in [2.05, 4.69) is 39.9 Å². The number of hydrogen-bond acceptors (Lipinski definition) is 2. The van der Waals surface area contributed by atoms with Crippen LogP contribution in [0.4, 0.5) is 0 Å². The third-order valence-electron chi connectivity index (χ3n) is 2.38. The number of rotatable bonds is 8. The first-order chi connectivity index (χ1) is 6.57. The molecule has 0 bridgehead atoms. The second-order valence-corrected chi connectivity index (χ2v) is 4.47. The smallest absolute Gasteiger partial charge is 0.0518 e. The van der Waals surface area contributed by atoms with Gasteiger partial charge in [0.15, 0.2) is 0 Å². The van der Waals surface area contributed by atoms with Gasteiger partial charge in [-0.25, -0.2) is 0 Å². The molecule has 0 aliphatic carbocycles. The molecule has 0 heterocycles. The minimum absolute atomic E-state index is 0.367. The number of ether oxygens (including phenoxy) is 1. The molecule has 0 amide bonds. The first-order valence-electron chi connectivity index (χ1n) is 5.92. The summed E-state index contributed by atoms with van der Waals surface area (Å²) in [5.41, 5.74) is 0. The van der Waals surface area contributed by atoms with E-state index in [1.54, 1.807) is 0 Å². The highest BCUT2D eigenvalue weighted by Crippen LogP contribution is 2.08. The van der Waals surface area contributed by atoms with Crippen LogP contribution in [0.3, 0.4) is 0 Å². The summed E-state index contributed by atoms with van der Waals surface area (Å²) in [5.74, 6) is 0.717. The molecular formula is C12H27NO. The molecule has 0 saturated carbocycles. The maximum absolute atomic E-state index is 5.52. The molecule has 0 fully saturated rings. The average Bonchev–Trinajstić information content (AvgIpc) is 2.09. The summed E-state index contributed by atoms with van der Waals surface area (Å²) in [4.78, 5) is 0. The van der Waals surface area contributed by atoms with Crippen molar-refractivity contribution in [3.8, 4) is 0 Å². The molecule has 1 atom stereocenters. The van der Waals surface area contributed by atoms with Crippen LogP contribution in [0.25, 0.3) is 0 Å². The first kappa shape index (κ1) is 13.9. The van der Waals surface area contributed by atoms with E-state index in [0.29, 0.717) is 18.1 Å². The Hall–Kier alpha value is -0.0800. The van der Waals surface area contributed by atoms with Gasteiger partial charge in [0.05, 0.1) is 6.10 Å². The molecular weight excluding hydrogens is 174 g/mol. The van der Waals surface area contributed by atoms with Crippen LogP contribution in [-0.2, 0) is 4.74 Å². The second-order valence-electron chi connectivity index (χ2n) is 4.47. The molecule has 0 spiro atoms. The lowest BCUT2D eigenvalue weighted by Crippen LogP contribution is -2.33. The van der Waals surface area contributed by atoms with Gasteiger partial charge in [0.1, 0.15) is 0 Å². The van der Waals surface area contributed by atoms with Crippen LogP contribution in [0.2, 0.25) is 0 Å². The van der Waals surface area contributed by atoms with Crippen LogP contribution < -0.4 is 5.32 Å². The SMILES string of the molecule is CCNC(CCCOC(C)C)C(C)C. The first-order valence-corrected chi connectivity index (χ1v) is 5.92. The Bertz CT molecular complexity index is 123. The van der Waals surface area contributed by atoms with Crippen LogP contribution in [0.1, 0.15) is 47.5 Å². The topological polar surface area (TPSA) is 21.3 Å². The van der Waals surface area contributed by atoms with Gasteiger partial charge in [0.2, 0.25) is 0 Å². The molecule has 0 radical (unpaired) electrons. The largest absolute Gasteiger partial charge is 0.379 e. The second kappa shape index (κ2) is 8.25. The Morgan fingerprint density at radius 2 is 1.79 bits per heavy atom. The molecule has 1 unspecified atom stereocenters. The molecule has 1 N–H and O–H groups in total. The Labute approximate surface area is 89.4 Å². The van der Waals surface area contributed by atoms with Gasteiger partial charge in [-0.3, -0.25) is 0 Å². The standard InChI is InChI=1S/C12H27NO/c1-6-13-12(10(2)3)8-7-9-14-11(4)5/h10-13H,6-9H2,1-5H3.